The van der Waals surface area contributed by atoms with E-state index in [1.165, 1.54) is 6.26 Å². The highest BCUT2D eigenvalue weighted by atomic mass is 16.5. The van der Waals surface area contributed by atoms with Gasteiger partial charge in [-0.1, -0.05) is 0 Å². The summed E-state index contributed by atoms with van der Waals surface area (Å²) in [5.74, 6) is 1.56. The number of nitrogens with zero attached hydrogens (tertiary/aromatic N) is 3. The second kappa shape index (κ2) is 8.69. The van der Waals surface area contributed by atoms with Crippen LogP contribution in [0.4, 0.5) is 11.5 Å². The number of anilines is 2. The van der Waals surface area contributed by atoms with Crippen LogP contribution in [0.25, 0.3) is 0 Å². The maximum atomic E-state index is 12.4. The van der Waals surface area contributed by atoms with Crippen LogP contribution in [0.5, 0.6) is 5.75 Å². The third kappa shape index (κ3) is 4.27. The van der Waals surface area contributed by atoms with Gasteiger partial charge in [-0.15, -0.1) is 0 Å². The van der Waals surface area contributed by atoms with E-state index in [0.717, 1.165) is 5.82 Å². The van der Waals surface area contributed by atoms with Crippen LogP contribution in [0.1, 0.15) is 20.9 Å². The van der Waals surface area contributed by atoms with E-state index < -0.39 is 0 Å². The Hall–Kier alpha value is -3.81. The molecule has 1 aliphatic rings. The fraction of sp³-hybridized carbons (Fsp3) is 0.227. The van der Waals surface area contributed by atoms with Crippen LogP contribution in [0.3, 0.4) is 0 Å². The van der Waals surface area contributed by atoms with E-state index in [0.29, 0.717) is 48.9 Å². The van der Waals surface area contributed by atoms with Gasteiger partial charge in [0.15, 0.2) is 5.76 Å². The lowest BCUT2D eigenvalue weighted by Crippen LogP contribution is -2.49. The van der Waals surface area contributed by atoms with Gasteiger partial charge in [0.2, 0.25) is 0 Å². The lowest BCUT2D eigenvalue weighted by Gasteiger charge is -2.35. The monoisotopic (exact) mass is 406 g/mol. The number of carbonyl (C=O) groups excluding carboxylic acids is 2. The number of rotatable bonds is 5. The van der Waals surface area contributed by atoms with Crippen molar-refractivity contribution in [2.24, 2.45) is 0 Å². The number of benzene rings is 1. The summed E-state index contributed by atoms with van der Waals surface area (Å²) < 4.78 is 10.3. The summed E-state index contributed by atoms with van der Waals surface area (Å²) in [4.78, 5) is 33.1. The van der Waals surface area contributed by atoms with Crippen molar-refractivity contribution in [1.82, 2.24) is 9.88 Å². The van der Waals surface area contributed by atoms with E-state index in [-0.39, 0.29) is 11.8 Å². The Balaban J connectivity index is 1.32. The number of ether oxygens (including phenoxy) is 1. The van der Waals surface area contributed by atoms with Crippen molar-refractivity contribution < 1.29 is 18.7 Å². The Kier molecular flexibility index (Phi) is 5.65. The van der Waals surface area contributed by atoms with E-state index in [1.54, 1.807) is 54.6 Å². The minimum Gasteiger partial charge on any atom is -0.497 e. The summed E-state index contributed by atoms with van der Waals surface area (Å²) in [5.41, 5.74) is 1.16. The van der Waals surface area contributed by atoms with Crippen molar-refractivity contribution in [3.05, 3.63) is 72.3 Å². The molecule has 1 aliphatic heterocycles. The van der Waals surface area contributed by atoms with E-state index >= 15 is 0 Å². The molecule has 1 fully saturated rings. The lowest BCUT2D eigenvalue weighted by atomic mass is 10.2. The van der Waals surface area contributed by atoms with Crippen molar-refractivity contribution >= 4 is 23.3 Å². The van der Waals surface area contributed by atoms with Gasteiger partial charge in [0, 0.05) is 31.7 Å². The number of furan rings is 1. The molecule has 2 amide bonds. The predicted octanol–water partition coefficient (Wildman–Crippen LogP) is 2.90. The molecule has 0 radical (unpaired) electrons. The standard InChI is InChI=1S/C22H22N4O4/c1-29-18-7-4-16(5-8-18)21(27)24-17-6-9-20(23-15-17)25-10-12-26(13-11-25)22(28)19-3-2-14-30-19/h2-9,14-15H,10-13H2,1H3,(H,24,27). The highest BCUT2D eigenvalue weighted by molar-refractivity contribution is 6.04. The fourth-order valence-electron chi connectivity index (χ4n) is 3.29. The number of nitrogens with one attached hydrogen (secondary N) is 1. The molecule has 0 saturated carbocycles. The summed E-state index contributed by atoms with van der Waals surface area (Å²) in [5, 5.41) is 2.84. The highest BCUT2D eigenvalue weighted by Crippen LogP contribution is 2.18. The van der Waals surface area contributed by atoms with E-state index in [2.05, 4.69) is 15.2 Å². The van der Waals surface area contributed by atoms with Crippen molar-refractivity contribution in [3.63, 3.8) is 0 Å². The molecule has 30 heavy (non-hydrogen) atoms. The number of aromatic nitrogens is 1. The van der Waals surface area contributed by atoms with Gasteiger partial charge in [-0.05, 0) is 48.5 Å². The molecule has 0 unspecified atom stereocenters. The number of carbonyl (C=O) groups is 2. The van der Waals surface area contributed by atoms with Gasteiger partial charge in [0.05, 0.1) is 25.3 Å². The van der Waals surface area contributed by atoms with E-state index in [4.69, 9.17) is 9.15 Å². The molecular formula is C22H22N4O4. The van der Waals surface area contributed by atoms with E-state index in [9.17, 15) is 9.59 Å². The molecule has 0 aliphatic carbocycles. The zero-order valence-electron chi connectivity index (χ0n) is 16.6. The summed E-state index contributed by atoms with van der Waals surface area (Å²) in [6.45, 7) is 2.54. The third-order valence-corrected chi connectivity index (χ3v) is 4.98. The zero-order chi connectivity index (χ0) is 20.9. The maximum absolute atomic E-state index is 12.4. The molecule has 8 nitrogen and oxygen atoms in total. The Bertz CT molecular complexity index is 993. The number of pyridine rings is 1. The molecule has 154 valence electrons. The van der Waals surface area contributed by atoms with Crippen molar-refractivity contribution in [2.45, 2.75) is 0 Å². The molecule has 0 bridgehead atoms. The minimum atomic E-state index is -0.211. The lowest BCUT2D eigenvalue weighted by molar-refractivity contribution is 0.0714. The summed E-state index contributed by atoms with van der Waals surface area (Å²) in [6, 6.07) is 14.0. The molecule has 0 atom stereocenters. The summed E-state index contributed by atoms with van der Waals surface area (Å²) in [6.07, 6.45) is 3.14. The van der Waals surface area contributed by atoms with Crippen molar-refractivity contribution in [3.8, 4) is 5.75 Å². The first-order valence-electron chi connectivity index (χ1n) is 9.63. The molecule has 0 spiro atoms. The molecular weight excluding hydrogens is 384 g/mol. The van der Waals surface area contributed by atoms with Gasteiger partial charge >= 0.3 is 0 Å². The molecule has 1 N–H and O–H groups in total. The zero-order valence-corrected chi connectivity index (χ0v) is 16.6. The van der Waals surface area contributed by atoms with Gasteiger partial charge in [-0.3, -0.25) is 9.59 Å². The Morgan fingerprint density at radius 2 is 1.80 bits per heavy atom. The summed E-state index contributed by atoms with van der Waals surface area (Å²) >= 11 is 0. The first-order chi connectivity index (χ1) is 14.6. The van der Waals surface area contributed by atoms with Gasteiger partial charge in [-0.25, -0.2) is 4.98 Å². The van der Waals surface area contributed by atoms with Crippen LogP contribution in [0.15, 0.2) is 65.4 Å². The van der Waals surface area contributed by atoms with Crippen molar-refractivity contribution in [2.75, 3.05) is 43.5 Å². The first-order valence-corrected chi connectivity index (χ1v) is 9.63. The molecule has 3 aromatic rings. The van der Waals surface area contributed by atoms with Crippen LogP contribution >= 0.6 is 0 Å². The van der Waals surface area contributed by atoms with Crippen LogP contribution in [-0.2, 0) is 0 Å². The SMILES string of the molecule is COc1ccc(C(=O)Nc2ccc(N3CCN(C(=O)c4ccco4)CC3)nc2)cc1. The first kappa shape index (κ1) is 19.5. The predicted molar refractivity (Wildman–Crippen MR) is 112 cm³/mol. The number of hydrogen-bond acceptors (Lipinski definition) is 6. The Morgan fingerprint density at radius 1 is 1.03 bits per heavy atom. The normalized spacial score (nSPS) is 13.8. The molecule has 2 aromatic heterocycles. The van der Waals surface area contributed by atoms with Crippen LogP contribution in [0.2, 0.25) is 0 Å². The topological polar surface area (TPSA) is 87.9 Å². The van der Waals surface area contributed by atoms with E-state index in [1.807, 2.05) is 12.1 Å². The third-order valence-electron chi connectivity index (χ3n) is 4.98. The number of piperazine rings is 1. The quantitative estimate of drug-likeness (QED) is 0.701. The smallest absolute Gasteiger partial charge is 0.289 e. The Labute approximate surface area is 174 Å². The molecule has 8 heteroatoms. The van der Waals surface area contributed by atoms with Crippen molar-refractivity contribution in [1.29, 1.82) is 0 Å². The minimum absolute atomic E-state index is 0.0933. The second-order valence-corrected chi connectivity index (χ2v) is 6.84. The van der Waals surface area contributed by atoms with Crippen LogP contribution in [-0.4, -0.2) is 55.0 Å². The fourth-order valence-corrected chi connectivity index (χ4v) is 3.29. The number of methoxy groups -OCH3 is 1. The van der Waals surface area contributed by atoms with Gasteiger partial charge in [0.1, 0.15) is 11.6 Å². The Morgan fingerprint density at radius 3 is 2.40 bits per heavy atom. The molecule has 3 heterocycles. The van der Waals surface area contributed by atoms with Crippen LogP contribution in [0, 0.1) is 0 Å². The maximum Gasteiger partial charge on any atom is 0.289 e. The van der Waals surface area contributed by atoms with Gasteiger partial charge in [-0.2, -0.15) is 0 Å². The highest BCUT2D eigenvalue weighted by Gasteiger charge is 2.24. The van der Waals surface area contributed by atoms with Gasteiger partial charge in [0.25, 0.3) is 11.8 Å². The number of hydrogen-bond donors (Lipinski definition) is 1. The summed E-state index contributed by atoms with van der Waals surface area (Å²) in [7, 11) is 1.58. The average Bonchev–Trinajstić information content (AvgIpc) is 3.34. The molecule has 1 saturated heterocycles. The average molecular weight is 406 g/mol. The van der Waals surface area contributed by atoms with Gasteiger partial charge < -0.3 is 24.3 Å². The van der Waals surface area contributed by atoms with Crippen LogP contribution < -0.4 is 15.0 Å². The molecule has 4 rings (SSSR count). The largest absolute Gasteiger partial charge is 0.497 e. The number of amides is 2. The molecule has 1 aromatic carbocycles. The second-order valence-electron chi connectivity index (χ2n) is 6.84.